The van der Waals surface area contributed by atoms with E-state index in [9.17, 15) is 4.79 Å². The third kappa shape index (κ3) is 4.59. The lowest BCUT2D eigenvalue weighted by molar-refractivity contribution is -0.125. The molecule has 37 heavy (non-hydrogen) atoms. The molecule has 0 saturated carbocycles. The van der Waals surface area contributed by atoms with E-state index in [4.69, 9.17) is 31.1 Å². The highest BCUT2D eigenvalue weighted by Gasteiger charge is 2.25. The third-order valence-electron chi connectivity index (χ3n) is 6.28. The number of carbonyl (C=O) groups is 1. The number of rotatable bonds is 5. The fourth-order valence-electron chi connectivity index (χ4n) is 4.36. The van der Waals surface area contributed by atoms with E-state index in [1.807, 2.05) is 42.1 Å². The number of aliphatic imine (C=N–C) groups is 1. The maximum absolute atomic E-state index is 11.8. The zero-order valence-corrected chi connectivity index (χ0v) is 21.2. The van der Waals surface area contributed by atoms with E-state index in [1.165, 1.54) is 12.4 Å². The lowest BCUT2D eigenvalue weighted by Crippen LogP contribution is -2.44. The number of benzene rings is 1. The summed E-state index contributed by atoms with van der Waals surface area (Å²) in [4.78, 5) is 32.0. The van der Waals surface area contributed by atoms with E-state index in [0.717, 1.165) is 21.0 Å². The van der Waals surface area contributed by atoms with Crippen LogP contribution in [0.15, 0.2) is 41.0 Å². The highest BCUT2D eigenvalue weighted by Crippen LogP contribution is 2.39. The molecule has 4 heterocycles. The molecule has 2 aliphatic rings. The van der Waals surface area contributed by atoms with Crippen molar-refractivity contribution >= 4 is 56.1 Å². The molecule has 5 rings (SSSR count). The van der Waals surface area contributed by atoms with Gasteiger partial charge in [0.1, 0.15) is 5.00 Å². The number of guanidine groups is 1. The largest absolute Gasteiger partial charge is 0.398 e. The fraction of sp³-hybridized carbons (Fsp3) is 0.292. The maximum Gasteiger partial charge on any atom is 0.273 e. The average molecular weight is 522 g/mol. The van der Waals surface area contributed by atoms with E-state index < -0.39 is 5.91 Å². The van der Waals surface area contributed by atoms with Gasteiger partial charge in [-0.05, 0) is 12.1 Å². The molecule has 2 aromatic heterocycles. The van der Waals surface area contributed by atoms with Crippen LogP contribution < -0.4 is 21.0 Å². The molecule has 1 saturated heterocycles. The smallest absolute Gasteiger partial charge is 0.273 e. The summed E-state index contributed by atoms with van der Waals surface area (Å²) in [5, 5.41) is 17.7. The molecule has 0 bridgehead atoms. The van der Waals surface area contributed by atoms with Gasteiger partial charge in [0.2, 0.25) is 5.96 Å². The first-order valence-corrected chi connectivity index (χ1v) is 12.4. The molecule has 1 aromatic carbocycles. The van der Waals surface area contributed by atoms with Gasteiger partial charge in [0.25, 0.3) is 5.91 Å². The Kier molecular flexibility index (Phi) is 6.74. The normalized spacial score (nSPS) is 15.9. The summed E-state index contributed by atoms with van der Waals surface area (Å²) in [5.74, 6) is 1.38. The molecule has 0 spiro atoms. The lowest BCUT2D eigenvalue weighted by Gasteiger charge is -2.30. The molecule has 2 aliphatic heterocycles. The number of hydrogen-bond donors (Lipinski definition) is 4. The van der Waals surface area contributed by atoms with Crippen molar-refractivity contribution in [2.24, 2.45) is 4.99 Å². The molecular weight excluding hydrogens is 494 g/mol. The Labute approximate surface area is 217 Å². The van der Waals surface area contributed by atoms with E-state index in [2.05, 4.69) is 9.89 Å². The van der Waals surface area contributed by atoms with Crippen molar-refractivity contribution in [2.75, 3.05) is 62.5 Å². The number of amides is 1. The van der Waals surface area contributed by atoms with Gasteiger partial charge >= 0.3 is 0 Å². The maximum atomic E-state index is 11.8. The van der Waals surface area contributed by atoms with Gasteiger partial charge in [0.15, 0.2) is 11.6 Å². The molecule has 192 valence electrons. The average Bonchev–Trinajstić information content (AvgIpc) is 3.36. The van der Waals surface area contributed by atoms with Crippen molar-refractivity contribution in [1.82, 2.24) is 20.3 Å². The summed E-state index contributed by atoms with van der Waals surface area (Å²) in [6.07, 6.45) is 2.69. The summed E-state index contributed by atoms with van der Waals surface area (Å²) < 4.78 is 6.49. The van der Waals surface area contributed by atoms with Crippen LogP contribution in [0.2, 0.25) is 0 Å². The number of nitrogen functional groups attached to an aromatic ring is 1. The number of thiophene rings is 1. The molecule has 5 N–H and O–H groups in total. The number of nitrogens with two attached hydrogens (primary N) is 1. The van der Waals surface area contributed by atoms with E-state index in [1.54, 1.807) is 22.9 Å². The summed E-state index contributed by atoms with van der Waals surface area (Å²) in [7, 11) is 3.73. The van der Waals surface area contributed by atoms with Crippen LogP contribution in [0.3, 0.4) is 0 Å². The number of fused-ring (bicyclic) bond motifs is 1. The Balaban J connectivity index is 1.61. The molecule has 0 radical (unpaired) electrons. The van der Waals surface area contributed by atoms with Gasteiger partial charge in [-0.3, -0.25) is 10.0 Å². The van der Waals surface area contributed by atoms with Crippen LogP contribution in [0.5, 0.6) is 0 Å². The molecule has 3 aromatic rings. The number of likely N-dealkylation sites (N-methyl/N-ethyl adjacent to an activating group) is 1. The topological polar surface area (TPSA) is 156 Å². The monoisotopic (exact) mass is 521 g/mol. The zero-order valence-electron chi connectivity index (χ0n) is 20.4. The van der Waals surface area contributed by atoms with Crippen molar-refractivity contribution in [3.8, 4) is 11.4 Å². The van der Waals surface area contributed by atoms with Crippen molar-refractivity contribution < 1.29 is 14.7 Å². The Morgan fingerprint density at radius 2 is 2.11 bits per heavy atom. The molecule has 0 unspecified atom stereocenters. The van der Waals surface area contributed by atoms with Crippen LogP contribution in [0.4, 0.5) is 16.5 Å². The first kappa shape index (κ1) is 24.6. The van der Waals surface area contributed by atoms with Crippen molar-refractivity contribution in [1.29, 1.82) is 5.41 Å². The molecular formula is C24H27N9O3S. The second-order valence-corrected chi connectivity index (χ2v) is 9.69. The highest BCUT2D eigenvalue weighted by molar-refractivity contribution is 7.23. The zero-order chi connectivity index (χ0) is 26.1. The first-order chi connectivity index (χ1) is 17.9. The summed E-state index contributed by atoms with van der Waals surface area (Å²) in [5.41, 5.74) is 10.7. The van der Waals surface area contributed by atoms with Gasteiger partial charge in [-0.1, -0.05) is 12.1 Å². The molecule has 13 heteroatoms. The number of ether oxygens (including phenoxy) is 1. The minimum absolute atomic E-state index is 0.297. The minimum Gasteiger partial charge on any atom is -0.398 e. The first-order valence-electron chi connectivity index (χ1n) is 11.6. The van der Waals surface area contributed by atoms with Crippen LogP contribution in [0, 0.1) is 5.41 Å². The third-order valence-corrected chi connectivity index (χ3v) is 7.48. The predicted octanol–water partition coefficient (Wildman–Crippen LogP) is 1.90. The molecule has 12 nitrogen and oxygen atoms in total. The SMILES string of the molecule is CN1CC(C(=O)NO)=CN=C1N(C)c1cc2nc(-c3cccc(N)c3C=N)nc(N3CCOCC3)c2s1. The van der Waals surface area contributed by atoms with Crippen LogP contribution in [0.1, 0.15) is 5.56 Å². The number of hydrogen-bond acceptors (Lipinski definition) is 12. The van der Waals surface area contributed by atoms with Crippen LogP contribution in [-0.4, -0.2) is 85.1 Å². The van der Waals surface area contributed by atoms with E-state index >= 15 is 0 Å². The van der Waals surface area contributed by atoms with Crippen molar-refractivity contribution in [3.63, 3.8) is 0 Å². The number of nitrogens with one attached hydrogen (secondary N) is 2. The Bertz CT molecular complexity index is 1430. The number of aromatic nitrogens is 2. The fourth-order valence-corrected chi connectivity index (χ4v) is 5.43. The van der Waals surface area contributed by atoms with E-state index in [0.29, 0.717) is 67.0 Å². The van der Waals surface area contributed by atoms with Crippen LogP contribution in [0.25, 0.3) is 21.6 Å². The van der Waals surface area contributed by atoms with Gasteiger partial charge in [0.05, 0.1) is 35.5 Å². The number of anilines is 3. The van der Waals surface area contributed by atoms with Gasteiger partial charge < -0.3 is 30.6 Å². The van der Waals surface area contributed by atoms with Gasteiger partial charge in [-0.15, -0.1) is 11.3 Å². The number of hydroxylamine groups is 1. The Morgan fingerprint density at radius 1 is 1.32 bits per heavy atom. The second kappa shape index (κ2) is 10.1. The molecule has 0 atom stereocenters. The minimum atomic E-state index is -0.581. The van der Waals surface area contributed by atoms with Crippen LogP contribution in [-0.2, 0) is 9.53 Å². The van der Waals surface area contributed by atoms with Gasteiger partial charge in [0, 0.05) is 56.4 Å². The standard InChI is InChI=1S/C24H27N9O3S/c1-31-13-14(23(34)30-35)12-27-24(31)32(2)19-10-18-20(37-19)22(33-6-8-36-9-7-33)29-21(28-18)15-4-3-5-17(26)16(15)11-25/h3-5,10-12,25,35H,6-9,13,26H2,1-2H3,(H,30,34). The highest BCUT2D eigenvalue weighted by atomic mass is 32.1. The molecule has 0 aliphatic carbocycles. The molecule has 1 amide bonds. The van der Waals surface area contributed by atoms with Crippen LogP contribution >= 0.6 is 11.3 Å². The van der Waals surface area contributed by atoms with Gasteiger partial charge in [-0.2, -0.15) is 0 Å². The van der Waals surface area contributed by atoms with Crippen molar-refractivity contribution in [2.45, 2.75) is 0 Å². The predicted molar refractivity (Wildman–Crippen MR) is 145 cm³/mol. The number of carbonyl (C=O) groups excluding carboxylic acids is 1. The summed E-state index contributed by atoms with van der Waals surface area (Å²) in [6, 6.07) is 7.46. The summed E-state index contributed by atoms with van der Waals surface area (Å²) in [6.45, 7) is 2.94. The summed E-state index contributed by atoms with van der Waals surface area (Å²) >= 11 is 1.55. The number of nitrogens with zero attached hydrogens (tertiary/aromatic N) is 6. The van der Waals surface area contributed by atoms with Gasteiger partial charge in [-0.25, -0.2) is 20.4 Å². The number of morpholine rings is 1. The van der Waals surface area contributed by atoms with E-state index in [-0.39, 0.29) is 0 Å². The molecule has 1 fully saturated rings. The quantitative estimate of drug-likeness (QED) is 0.170. The Morgan fingerprint density at radius 3 is 2.81 bits per heavy atom. The Hall–Kier alpha value is -4.07. The lowest BCUT2D eigenvalue weighted by atomic mass is 10.1. The van der Waals surface area contributed by atoms with Crippen molar-refractivity contribution in [3.05, 3.63) is 41.6 Å². The second-order valence-electron chi connectivity index (χ2n) is 8.66.